The molecule has 2 aromatic rings. The molecule has 4 atom stereocenters. The predicted molar refractivity (Wildman–Crippen MR) is 143 cm³/mol. The van der Waals surface area contributed by atoms with E-state index in [9.17, 15) is 14.9 Å². The summed E-state index contributed by atoms with van der Waals surface area (Å²) in [5.41, 5.74) is 1.32. The van der Waals surface area contributed by atoms with E-state index < -0.39 is 18.8 Å². The Bertz CT molecular complexity index is 1110. The summed E-state index contributed by atoms with van der Waals surface area (Å²) in [6, 6.07) is 16.6. The van der Waals surface area contributed by atoms with Gasteiger partial charge in [0.05, 0.1) is 17.1 Å². The van der Waals surface area contributed by atoms with Gasteiger partial charge in [-0.25, -0.2) is 4.79 Å². The molecule has 0 aromatic heterocycles. The van der Waals surface area contributed by atoms with Gasteiger partial charge in [0, 0.05) is 24.1 Å². The van der Waals surface area contributed by atoms with Gasteiger partial charge in [-0.05, 0) is 55.9 Å². The molecule has 4 rings (SSSR count). The first-order valence-corrected chi connectivity index (χ1v) is 15.6. The molecule has 2 saturated heterocycles. The van der Waals surface area contributed by atoms with E-state index in [0.717, 1.165) is 24.0 Å². The monoisotopic (exact) mass is 510 g/mol. The van der Waals surface area contributed by atoms with Gasteiger partial charge in [0.15, 0.2) is 8.32 Å². The highest BCUT2D eigenvalue weighted by Gasteiger charge is 2.56. The Morgan fingerprint density at radius 3 is 2.25 bits per heavy atom. The maximum absolute atomic E-state index is 13.5. The number of nitro groups is 1. The van der Waals surface area contributed by atoms with Crippen molar-refractivity contribution in [1.82, 2.24) is 4.90 Å². The number of rotatable bonds is 6. The first kappa shape index (κ1) is 26.4. The predicted octanol–water partition coefficient (Wildman–Crippen LogP) is 7.20. The van der Waals surface area contributed by atoms with Gasteiger partial charge in [-0.15, -0.1) is 0 Å². The molecule has 36 heavy (non-hydrogen) atoms. The van der Waals surface area contributed by atoms with Crippen molar-refractivity contribution in [2.45, 2.75) is 95.3 Å². The average molecular weight is 511 g/mol. The molecule has 0 saturated carbocycles. The Labute approximate surface area is 215 Å². The van der Waals surface area contributed by atoms with Crippen molar-refractivity contribution in [3.05, 3.63) is 75.8 Å². The van der Waals surface area contributed by atoms with Crippen LogP contribution in [-0.2, 0) is 9.16 Å². The Hall–Kier alpha value is -2.71. The topological polar surface area (TPSA) is 81.9 Å². The lowest BCUT2D eigenvalue weighted by molar-refractivity contribution is -0.384. The van der Waals surface area contributed by atoms with E-state index in [4.69, 9.17) is 9.16 Å². The number of hydrogen-bond acceptors (Lipinski definition) is 5. The Balaban J connectivity index is 1.73. The van der Waals surface area contributed by atoms with Crippen molar-refractivity contribution in [1.29, 1.82) is 0 Å². The molecule has 2 aliphatic heterocycles. The molecule has 0 aliphatic carbocycles. The van der Waals surface area contributed by atoms with Crippen molar-refractivity contribution >= 4 is 20.1 Å². The molecule has 0 spiro atoms. The summed E-state index contributed by atoms with van der Waals surface area (Å²) in [5, 5.41) is 11.2. The first-order valence-electron chi connectivity index (χ1n) is 12.7. The van der Waals surface area contributed by atoms with Gasteiger partial charge in [0.1, 0.15) is 5.60 Å². The fraction of sp³-hybridized carbons (Fsp3) is 0.536. The zero-order valence-corrected chi connectivity index (χ0v) is 23.4. The van der Waals surface area contributed by atoms with Gasteiger partial charge >= 0.3 is 6.09 Å². The maximum Gasteiger partial charge on any atom is 0.410 e. The molecule has 8 heteroatoms. The summed E-state index contributed by atoms with van der Waals surface area (Å²) in [6.45, 7) is 15.0. The van der Waals surface area contributed by atoms with Crippen LogP contribution in [0.25, 0.3) is 0 Å². The highest BCUT2D eigenvalue weighted by molar-refractivity contribution is 6.74. The molecule has 194 valence electrons. The average Bonchev–Trinajstić information content (AvgIpc) is 3.21. The van der Waals surface area contributed by atoms with E-state index in [1.54, 1.807) is 12.1 Å². The van der Waals surface area contributed by atoms with Crippen LogP contribution in [0.1, 0.15) is 70.6 Å². The van der Waals surface area contributed by atoms with Crippen LogP contribution in [0.4, 0.5) is 10.5 Å². The summed E-state index contributed by atoms with van der Waals surface area (Å²) in [7, 11) is -2.17. The van der Waals surface area contributed by atoms with E-state index in [-0.39, 0.29) is 40.9 Å². The van der Waals surface area contributed by atoms with Crippen LogP contribution in [0.2, 0.25) is 18.1 Å². The standard InChI is InChI=1S/C28H38N2O5Si/c1-27(2,3)36(6,7)35-25(20-11-9-8-10-12-20)23-18-17-22-24(28(4,5)34-26(31)29(22)23)19-13-15-21(16-14-19)30(32)33/h8-16,22-25H,17-18H2,1-7H3/t22-,23+,24?,25+/m0/s1. The lowest BCUT2D eigenvalue weighted by Gasteiger charge is -2.49. The summed E-state index contributed by atoms with van der Waals surface area (Å²) in [6.07, 6.45) is 1.04. The third-order valence-electron chi connectivity index (χ3n) is 8.34. The maximum atomic E-state index is 13.5. The zero-order valence-electron chi connectivity index (χ0n) is 22.4. The fourth-order valence-corrected chi connectivity index (χ4v) is 6.78. The van der Waals surface area contributed by atoms with Crippen LogP contribution < -0.4 is 0 Å². The van der Waals surface area contributed by atoms with Crippen molar-refractivity contribution < 1.29 is 18.9 Å². The number of fused-ring (bicyclic) bond motifs is 1. The van der Waals surface area contributed by atoms with Crippen molar-refractivity contribution in [2.24, 2.45) is 0 Å². The van der Waals surface area contributed by atoms with Gasteiger partial charge in [0.25, 0.3) is 5.69 Å². The quantitative estimate of drug-likeness (QED) is 0.233. The molecule has 1 unspecified atom stereocenters. The third kappa shape index (κ3) is 4.80. The summed E-state index contributed by atoms with van der Waals surface area (Å²) in [5.74, 6) is -0.120. The first-order chi connectivity index (χ1) is 16.7. The molecular formula is C28H38N2O5Si. The number of carbonyl (C=O) groups excluding carboxylic acids is 1. The van der Waals surface area contributed by atoms with Crippen molar-refractivity contribution in [2.75, 3.05) is 0 Å². The van der Waals surface area contributed by atoms with E-state index >= 15 is 0 Å². The second-order valence-electron chi connectivity index (χ2n) is 12.1. The van der Waals surface area contributed by atoms with Crippen LogP contribution >= 0.6 is 0 Å². The Kier molecular flexibility index (Phi) is 6.81. The number of nitrogens with zero attached hydrogens (tertiary/aromatic N) is 2. The molecule has 7 nitrogen and oxygen atoms in total. The summed E-state index contributed by atoms with van der Waals surface area (Å²) >= 11 is 0. The highest BCUT2D eigenvalue weighted by Crippen LogP contribution is 2.50. The number of non-ortho nitro benzene ring substituents is 1. The largest absolute Gasteiger partial charge is 0.443 e. The molecule has 0 radical (unpaired) electrons. The zero-order chi connectivity index (χ0) is 26.5. The number of ether oxygens (including phenoxy) is 1. The van der Waals surface area contributed by atoms with Gasteiger partial charge in [-0.2, -0.15) is 0 Å². The Morgan fingerprint density at radius 2 is 1.69 bits per heavy atom. The molecule has 1 amide bonds. The summed E-state index contributed by atoms with van der Waals surface area (Å²) in [4.78, 5) is 26.2. The van der Waals surface area contributed by atoms with E-state index in [1.807, 2.05) is 36.9 Å². The van der Waals surface area contributed by atoms with Gasteiger partial charge in [-0.1, -0.05) is 63.2 Å². The number of cyclic esters (lactones) is 1. The fourth-order valence-electron chi connectivity index (χ4n) is 5.50. The van der Waals surface area contributed by atoms with Crippen LogP contribution in [0, 0.1) is 10.1 Å². The molecule has 2 aliphatic rings. The molecule has 0 bridgehead atoms. The smallest absolute Gasteiger partial charge is 0.410 e. The Morgan fingerprint density at radius 1 is 1.08 bits per heavy atom. The number of hydrogen-bond donors (Lipinski definition) is 0. The lowest BCUT2D eigenvalue weighted by atomic mass is 9.77. The molecule has 0 N–H and O–H groups in total. The van der Waals surface area contributed by atoms with E-state index in [0.29, 0.717) is 0 Å². The van der Waals surface area contributed by atoms with Crippen LogP contribution in [0.5, 0.6) is 0 Å². The van der Waals surface area contributed by atoms with Crippen LogP contribution in [-0.4, -0.2) is 41.9 Å². The SMILES string of the molecule is CC1(C)OC(=O)N2[C@@H]([C@H](O[Si](C)(C)C(C)(C)C)c3ccccc3)CC[C@H]2C1c1ccc([N+](=O)[O-])cc1. The number of amides is 1. The van der Waals surface area contributed by atoms with Crippen molar-refractivity contribution in [3.63, 3.8) is 0 Å². The van der Waals surface area contributed by atoms with Crippen LogP contribution in [0.15, 0.2) is 54.6 Å². The number of nitro benzene ring substituents is 1. The minimum atomic E-state index is -2.17. The molecular weight excluding hydrogens is 472 g/mol. The van der Waals surface area contributed by atoms with E-state index in [2.05, 4.69) is 46.0 Å². The second kappa shape index (κ2) is 9.30. The normalized spacial score (nSPS) is 24.7. The van der Waals surface area contributed by atoms with Crippen LogP contribution in [0.3, 0.4) is 0 Å². The van der Waals surface area contributed by atoms with Gasteiger partial charge in [0.2, 0.25) is 0 Å². The minimum absolute atomic E-state index is 0.0176. The second-order valence-corrected chi connectivity index (χ2v) is 16.9. The minimum Gasteiger partial charge on any atom is -0.443 e. The number of benzene rings is 2. The molecule has 2 heterocycles. The highest BCUT2D eigenvalue weighted by atomic mass is 28.4. The van der Waals surface area contributed by atoms with Crippen molar-refractivity contribution in [3.8, 4) is 0 Å². The number of carbonyl (C=O) groups is 1. The lowest BCUT2D eigenvalue weighted by Crippen LogP contribution is -2.58. The molecule has 2 fully saturated rings. The van der Waals surface area contributed by atoms with Gasteiger partial charge in [-0.3, -0.25) is 15.0 Å². The van der Waals surface area contributed by atoms with Gasteiger partial charge < -0.3 is 9.16 Å². The van der Waals surface area contributed by atoms with E-state index in [1.165, 1.54) is 12.1 Å². The summed E-state index contributed by atoms with van der Waals surface area (Å²) < 4.78 is 13.1. The molecule has 2 aromatic carbocycles. The third-order valence-corrected chi connectivity index (χ3v) is 12.8.